The molecule has 0 saturated carbocycles. The Morgan fingerprint density at radius 1 is 0.362 bits per heavy atom. The zero-order chi connectivity index (χ0) is 58.3. The van der Waals surface area contributed by atoms with Gasteiger partial charge in [-0.1, -0.05) is 241 Å². The van der Waals surface area contributed by atoms with Crippen LogP contribution in [0.4, 0.5) is 0 Å². The number of unbranched alkanes of at least 4 members (excludes halogenated alkanes) is 29. The Morgan fingerprint density at radius 2 is 0.650 bits per heavy atom. The topological polar surface area (TPSA) is 155 Å². The quantitative estimate of drug-likeness (QED) is 0.0197. The molecule has 0 radical (unpaired) electrons. The summed E-state index contributed by atoms with van der Waals surface area (Å²) in [4.78, 5) is 48.8. The van der Waals surface area contributed by atoms with Crippen LogP contribution >= 0.6 is 7.82 Å². The van der Waals surface area contributed by atoms with Crippen LogP contribution in [0.1, 0.15) is 290 Å². The molecule has 0 bridgehead atoms. The highest BCUT2D eigenvalue weighted by molar-refractivity contribution is 7.47. The predicted octanol–water partition coefficient (Wildman–Crippen LogP) is 19.8. The Kier molecular flexibility index (Phi) is 59.1. The molecule has 11 nitrogen and oxygen atoms in total. The zero-order valence-corrected chi connectivity index (χ0v) is 52.2. The van der Waals surface area contributed by atoms with Gasteiger partial charge in [-0.15, -0.1) is 0 Å². The van der Waals surface area contributed by atoms with Crippen molar-refractivity contribution in [1.29, 1.82) is 0 Å². The zero-order valence-electron chi connectivity index (χ0n) is 51.3. The Labute approximate surface area is 490 Å². The van der Waals surface area contributed by atoms with Crippen LogP contribution in [0.25, 0.3) is 0 Å². The SMILES string of the molecule is CC/C=C\C/C=C\C/C=C\CCCCCCCCCC(=O)OCC(COP(=O)(O)OCC(CO)OC(=O)CCCCCCCCC/C=C\CCCCCCCC)OC(=O)CCCCCCCC/C=C\C/C=C\C/C=C\CCCCC. The monoisotopic (exact) mass is 1140 g/mol. The van der Waals surface area contributed by atoms with E-state index in [0.717, 1.165) is 128 Å². The number of aliphatic hydroxyl groups excluding tert-OH is 1. The molecule has 0 amide bonds. The van der Waals surface area contributed by atoms with Gasteiger partial charge >= 0.3 is 25.7 Å². The third-order valence-corrected chi connectivity index (χ3v) is 14.7. The minimum absolute atomic E-state index is 0.148. The van der Waals surface area contributed by atoms with Crippen LogP contribution < -0.4 is 0 Å². The number of carbonyl (C=O) groups is 3. The van der Waals surface area contributed by atoms with Gasteiger partial charge in [0.1, 0.15) is 12.7 Å². The second kappa shape index (κ2) is 61.7. The van der Waals surface area contributed by atoms with Crippen molar-refractivity contribution in [2.45, 2.75) is 303 Å². The molecule has 0 heterocycles. The lowest BCUT2D eigenvalue weighted by Crippen LogP contribution is -2.30. The molecule has 0 fully saturated rings. The first kappa shape index (κ1) is 76.7. The number of carbonyl (C=O) groups excluding carboxylic acids is 3. The van der Waals surface area contributed by atoms with Crippen molar-refractivity contribution in [2.24, 2.45) is 0 Å². The number of aliphatic hydroxyl groups is 1. The van der Waals surface area contributed by atoms with Gasteiger partial charge in [-0.25, -0.2) is 4.57 Å². The average molecular weight is 1140 g/mol. The molecular weight excluding hydrogens is 1020 g/mol. The molecule has 0 aliphatic heterocycles. The van der Waals surface area contributed by atoms with E-state index in [0.29, 0.717) is 19.3 Å². The van der Waals surface area contributed by atoms with E-state index in [-0.39, 0.29) is 25.9 Å². The fraction of sp³-hybridized carbons (Fsp3) is 0.750. The van der Waals surface area contributed by atoms with E-state index in [9.17, 15) is 28.9 Å². The number of phosphoric acid groups is 1. The lowest BCUT2D eigenvalue weighted by Gasteiger charge is -2.21. The van der Waals surface area contributed by atoms with Gasteiger partial charge in [-0.05, 0) is 116 Å². The summed E-state index contributed by atoms with van der Waals surface area (Å²) in [5.41, 5.74) is 0. The lowest BCUT2D eigenvalue weighted by molar-refractivity contribution is -0.161. The summed E-state index contributed by atoms with van der Waals surface area (Å²) in [6, 6.07) is 0. The second-order valence-electron chi connectivity index (χ2n) is 21.5. The minimum atomic E-state index is -4.76. The maximum absolute atomic E-state index is 13.0. The largest absolute Gasteiger partial charge is 0.472 e. The van der Waals surface area contributed by atoms with Gasteiger partial charge < -0.3 is 24.2 Å². The molecule has 0 spiro atoms. The number of ether oxygens (including phenoxy) is 3. The molecule has 12 heteroatoms. The summed E-state index contributed by atoms with van der Waals surface area (Å²) < 4.78 is 39.7. The molecule has 0 rings (SSSR count). The molecule has 3 unspecified atom stereocenters. The molecule has 0 aromatic heterocycles. The molecule has 462 valence electrons. The minimum Gasteiger partial charge on any atom is -0.462 e. The van der Waals surface area contributed by atoms with E-state index in [4.69, 9.17) is 23.3 Å². The van der Waals surface area contributed by atoms with Crippen LogP contribution in [0, 0.1) is 0 Å². The van der Waals surface area contributed by atoms with Crippen molar-refractivity contribution in [3.8, 4) is 0 Å². The standard InChI is InChI=1S/C68H119O11P/c1-4-7-10-13-16-19-22-25-28-31-32-35-38-41-44-47-50-53-56-59-68(72)79-65(61-75-66(70)57-54-51-48-45-42-39-36-33-29-26-23-20-17-14-11-8-5-2)63-77-80(73,74)76-62-64(60-69)78-67(71)58-55-52-49-46-43-40-37-34-30-27-24-21-18-15-12-9-6-3/h8,11,16-17,19-20,25-30,32,35,64-65,69H,4-7,9-10,12-15,18,21-24,31,33-34,36-63H2,1-3H3,(H,73,74)/b11-8-,19-16-,20-17-,28-25-,29-26-,30-27-,35-32-. The number of phosphoric ester groups is 1. The Morgan fingerprint density at radius 3 is 1.04 bits per heavy atom. The van der Waals surface area contributed by atoms with Crippen molar-refractivity contribution in [2.75, 3.05) is 26.4 Å². The van der Waals surface area contributed by atoms with E-state index in [1.54, 1.807) is 0 Å². The van der Waals surface area contributed by atoms with Gasteiger partial charge in [0, 0.05) is 19.3 Å². The van der Waals surface area contributed by atoms with E-state index in [1.165, 1.54) is 103 Å². The Bertz CT molecular complexity index is 1670. The number of allylic oxidation sites excluding steroid dienone is 14. The highest BCUT2D eigenvalue weighted by atomic mass is 31.2. The van der Waals surface area contributed by atoms with Gasteiger partial charge in [-0.2, -0.15) is 0 Å². The van der Waals surface area contributed by atoms with Gasteiger partial charge in [0.25, 0.3) is 0 Å². The first-order valence-electron chi connectivity index (χ1n) is 32.5. The number of rotatable bonds is 60. The van der Waals surface area contributed by atoms with Crippen LogP contribution in [-0.2, 0) is 42.2 Å². The summed E-state index contributed by atoms with van der Waals surface area (Å²) >= 11 is 0. The van der Waals surface area contributed by atoms with Crippen LogP contribution in [0.5, 0.6) is 0 Å². The van der Waals surface area contributed by atoms with Crippen LogP contribution in [0.3, 0.4) is 0 Å². The molecule has 0 aromatic rings. The summed E-state index contributed by atoms with van der Waals surface area (Å²) in [7, 11) is -4.76. The second-order valence-corrected chi connectivity index (χ2v) is 23.0. The van der Waals surface area contributed by atoms with Gasteiger partial charge in [0.2, 0.25) is 0 Å². The molecule has 3 atom stereocenters. The molecule has 80 heavy (non-hydrogen) atoms. The Hall–Kier alpha value is -3.34. The molecular formula is C68H119O11P. The fourth-order valence-electron chi connectivity index (χ4n) is 8.84. The molecule has 0 aliphatic rings. The summed E-state index contributed by atoms with van der Waals surface area (Å²) in [6.45, 7) is 4.51. The van der Waals surface area contributed by atoms with Crippen LogP contribution in [0.2, 0.25) is 0 Å². The highest BCUT2D eigenvalue weighted by Gasteiger charge is 2.28. The van der Waals surface area contributed by atoms with E-state index < -0.39 is 57.8 Å². The van der Waals surface area contributed by atoms with Crippen molar-refractivity contribution in [1.82, 2.24) is 0 Å². The van der Waals surface area contributed by atoms with E-state index >= 15 is 0 Å². The van der Waals surface area contributed by atoms with Gasteiger partial charge in [-0.3, -0.25) is 23.4 Å². The number of hydrogen-bond acceptors (Lipinski definition) is 10. The summed E-state index contributed by atoms with van der Waals surface area (Å²) in [5.74, 6) is -1.49. The Balaban J connectivity index is 4.73. The average Bonchev–Trinajstić information content (AvgIpc) is 3.45. The van der Waals surface area contributed by atoms with Crippen molar-refractivity contribution >= 4 is 25.7 Å². The van der Waals surface area contributed by atoms with Gasteiger partial charge in [0.15, 0.2) is 6.10 Å². The van der Waals surface area contributed by atoms with Crippen LogP contribution in [-0.4, -0.2) is 66.5 Å². The van der Waals surface area contributed by atoms with E-state index in [2.05, 4.69) is 106 Å². The van der Waals surface area contributed by atoms with Gasteiger partial charge in [0.05, 0.1) is 19.8 Å². The highest BCUT2D eigenvalue weighted by Crippen LogP contribution is 2.43. The van der Waals surface area contributed by atoms with Crippen molar-refractivity contribution in [3.63, 3.8) is 0 Å². The maximum Gasteiger partial charge on any atom is 0.472 e. The van der Waals surface area contributed by atoms with E-state index in [1.807, 2.05) is 0 Å². The lowest BCUT2D eigenvalue weighted by atomic mass is 10.1. The van der Waals surface area contributed by atoms with Crippen molar-refractivity contribution in [3.05, 3.63) is 85.1 Å². The molecule has 2 N–H and O–H groups in total. The predicted molar refractivity (Wildman–Crippen MR) is 334 cm³/mol. The third-order valence-electron chi connectivity index (χ3n) is 13.8. The fourth-order valence-corrected chi connectivity index (χ4v) is 9.63. The molecule has 0 saturated heterocycles. The summed E-state index contributed by atoms with van der Waals surface area (Å²) in [6.07, 6.45) is 72.4. The van der Waals surface area contributed by atoms with Crippen LogP contribution in [0.15, 0.2) is 85.1 Å². The third kappa shape index (κ3) is 59.3. The maximum atomic E-state index is 13.0. The summed E-state index contributed by atoms with van der Waals surface area (Å²) in [5, 5.41) is 9.86. The number of hydrogen-bond donors (Lipinski definition) is 2. The normalized spacial score (nSPS) is 13.8. The molecule has 0 aromatic carbocycles. The first-order chi connectivity index (χ1) is 39.2. The molecule has 0 aliphatic carbocycles. The van der Waals surface area contributed by atoms with Crippen molar-refractivity contribution < 1.29 is 52.2 Å². The smallest absolute Gasteiger partial charge is 0.462 e. The first-order valence-corrected chi connectivity index (χ1v) is 34.0. The number of esters is 3.